The second-order valence-corrected chi connectivity index (χ2v) is 5.37. The van der Waals surface area contributed by atoms with E-state index in [-0.39, 0.29) is 17.5 Å². The van der Waals surface area contributed by atoms with Crippen LogP contribution >= 0.6 is 11.6 Å². The molecule has 5 nitrogen and oxygen atoms in total. The molecule has 116 valence electrons. The van der Waals surface area contributed by atoms with Crippen LogP contribution in [0, 0.1) is 6.92 Å². The van der Waals surface area contributed by atoms with Crippen molar-refractivity contribution in [3.63, 3.8) is 0 Å². The molecule has 0 bridgehead atoms. The summed E-state index contributed by atoms with van der Waals surface area (Å²) in [6, 6.07) is 8.29. The summed E-state index contributed by atoms with van der Waals surface area (Å²) in [6.45, 7) is 2.03. The Morgan fingerprint density at radius 2 is 2.18 bits per heavy atom. The molecule has 0 saturated heterocycles. The number of H-pyrrole nitrogens is 1. The van der Waals surface area contributed by atoms with Gasteiger partial charge < -0.3 is 15.0 Å². The zero-order valence-corrected chi connectivity index (χ0v) is 13.1. The van der Waals surface area contributed by atoms with Gasteiger partial charge in [0.1, 0.15) is 0 Å². The van der Waals surface area contributed by atoms with Crippen LogP contribution in [0.2, 0.25) is 5.02 Å². The highest BCUT2D eigenvalue weighted by Gasteiger charge is 2.17. The Kier molecular flexibility index (Phi) is 5.35. The van der Waals surface area contributed by atoms with Gasteiger partial charge >= 0.3 is 0 Å². The number of carbonyl (C=O) groups is 1. The maximum atomic E-state index is 12.4. The fraction of sp³-hybridized carbons (Fsp3) is 0.250. The third-order valence-corrected chi connectivity index (χ3v) is 3.50. The van der Waals surface area contributed by atoms with E-state index in [4.69, 9.17) is 16.3 Å². The topological polar surface area (TPSA) is 71.2 Å². The number of pyridine rings is 1. The maximum Gasteiger partial charge on any atom is 0.253 e. The summed E-state index contributed by atoms with van der Waals surface area (Å²) in [6.07, 6.45) is 1.41. The first-order chi connectivity index (χ1) is 10.5. The summed E-state index contributed by atoms with van der Waals surface area (Å²) >= 11 is 5.99. The molecule has 0 spiro atoms. The van der Waals surface area contributed by atoms with Gasteiger partial charge in [0.05, 0.1) is 18.2 Å². The molecule has 0 fully saturated rings. The fourth-order valence-electron chi connectivity index (χ4n) is 2.17. The van der Waals surface area contributed by atoms with Gasteiger partial charge in [0.2, 0.25) is 5.56 Å². The van der Waals surface area contributed by atoms with Gasteiger partial charge in [-0.15, -0.1) is 0 Å². The molecular formula is C16H17ClN2O3. The number of nitrogens with one attached hydrogen (secondary N) is 2. The lowest BCUT2D eigenvalue weighted by atomic mass is 10.1. The van der Waals surface area contributed by atoms with Crippen molar-refractivity contribution in [2.24, 2.45) is 0 Å². The van der Waals surface area contributed by atoms with Crippen LogP contribution in [0.5, 0.6) is 0 Å². The molecule has 2 aromatic rings. The van der Waals surface area contributed by atoms with E-state index in [9.17, 15) is 9.59 Å². The smallest absolute Gasteiger partial charge is 0.253 e. The Balaban J connectivity index is 2.24. The molecule has 2 N–H and O–H groups in total. The summed E-state index contributed by atoms with van der Waals surface area (Å²) in [5.41, 5.74) is 1.65. The van der Waals surface area contributed by atoms with Crippen molar-refractivity contribution >= 4 is 17.5 Å². The van der Waals surface area contributed by atoms with E-state index in [0.717, 1.165) is 5.56 Å². The van der Waals surface area contributed by atoms with Gasteiger partial charge in [-0.1, -0.05) is 23.7 Å². The number of methoxy groups -OCH3 is 1. The van der Waals surface area contributed by atoms with Gasteiger partial charge in [0.25, 0.3) is 5.91 Å². The fourth-order valence-corrected chi connectivity index (χ4v) is 2.36. The van der Waals surface area contributed by atoms with Gasteiger partial charge in [-0.2, -0.15) is 0 Å². The number of aromatic amines is 1. The molecule has 6 heteroatoms. The number of halogens is 1. The highest BCUT2D eigenvalue weighted by atomic mass is 35.5. The Morgan fingerprint density at radius 3 is 2.82 bits per heavy atom. The van der Waals surface area contributed by atoms with Gasteiger partial charge in [-0.3, -0.25) is 9.59 Å². The minimum Gasteiger partial charge on any atom is -0.382 e. The lowest BCUT2D eigenvalue weighted by molar-refractivity contribution is 0.0895. The molecule has 0 aliphatic carbocycles. The zero-order valence-electron chi connectivity index (χ0n) is 12.4. The Hall–Kier alpha value is -2.11. The predicted molar refractivity (Wildman–Crippen MR) is 85.3 cm³/mol. The Morgan fingerprint density at radius 1 is 1.41 bits per heavy atom. The maximum absolute atomic E-state index is 12.4. The highest BCUT2D eigenvalue weighted by molar-refractivity contribution is 6.30. The van der Waals surface area contributed by atoms with E-state index < -0.39 is 0 Å². The molecule has 1 heterocycles. The van der Waals surface area contributed by atoms with Gasteiger partial charge in [-0.05, 0) is 30.2 Å². The van der Waals surface area contributed by atoms with Crippen molar-refractivity contribution < 1.29 is 9.53 Å². The summed E-state index contributed by atoms with van der Waals surface area (Å²) in [7, 11) is 1.56. The monoisotopic (exact) mass is 320 g/mol. The van der Waals surface area contributed by atoms with E-state index in [0.29, 0.717) is 22.8 Å². The standard InChI is InChI=1S/C16H17ClN2O3/c1-10-6-15(20)18-8-13(10)16(21)19-14(9-22-2)11-4-3-5-12(17)7-11/h3-8,14H,9H2,1-2H3,(H,18,20)(H,19,21). The molecule has 0 aliphatic rings. The van der Waals surface area contributed by atoms with Gasteiger partial charge in [0.15, 0.2) is 0 Å². The Bertz CT molecular complexity index is 727. The number of rotatable bonds is 5. The van der Waals surface area contributed by atoms with E-state index in [1.54, 1.807) is 26.2 Å². The number of hydrogen-bond donors (Lipinski definition) is 2. The summed E-state index contributed by atoms with van der Waals surface area (Å²) in [5.74, 6) is -0.282. The van der Waals surface area contributed by atoms with Crippen LogP contribution in [0.4, 0.5) is 0 Å². The van der Waals surface area contributed by atoms with E-state index in [1.165, 1.54) is 12.3 Å². The molecule has 22 heavy (non-hydrogen) atoms. The number of carbonyl (C=O) groups excluding carboxylic acids is 1. The minimum atomic E-state index is -0.331. The predicted octanol–water partition coefficient (Wildman–Crippen LogP) is 2.45. The summed E-state index contributed by atoms with van der Waals surface area (Å²) < 4.78 is 5.17. The van der Waals surface area contributed by atoms with E-state index in [2.05, 4.69) is 10.3 Å². The lowest BCUT2D eigenvalue weighted by Gasteiger charge is -2.19. The second kappa shape index (κ2) is 7.24. The van der Waals surface area contributed by atoms with Crippen molar-refractivity contribution in [3.8, 4) is 0 Å². The van der Waals surface area contributed by atoms with Crippen molar-refractivity contribution in [2.45, 2.75) is 13.0 Å². The van der Waals surface area contributed by atoms with Crippen LogP contribution in [-0.2, 0) is 4.74 Å². The van der Waals surface area contributed by atoms with Gasteiger partial charge in [-0.25, -0.2) is 0 Å². The van der Waals surface area contributed by atoms with Crippen molar-refractivity contribution in [1.29, 1.82) is 0 Å². The molecule has 0 radical (unpaired) electrons. The number of hydrogen-bond acceptors (Lipinski definition) is 3. The minimum absolute atomic E-state index is 0.239. The average molecular weight is 321 g/mol. The molecule has 1 amide bonds. The first kappa shape index (κ1) is 16.3. The number of aryl methyl sites for hydroxylation is 1. The van der Waals surface area contributed by atoms with Crippen molar-refractivity contribution in [3.05, 3.63) is 68.6 Å². The molecule has 1 unspecified atom stereocenters. The lowest BCUT2D eigenvalue weighted by Crippen LogP contribution is -2.32. The van der Waals surface area contributed by atoms with E-state index >= 15 is 0 Å². The highest BCUT2D eigenvalue weighted by Crippen LogP contribution is 2.19. The second-order valence-electron chi connectivity index (χ2n) is 4.93. The third kappa shape index (κ3) is 3.96. The SMILES string of the molecule is COCC(NC(=O)c1c[nH]c(=O)cc1C)c1cccc(Cl)c1. The molecule has 1 aromatic heterocycles. The van der Waals surface area contributed by atoms with Crippen LogP contribution in [0.1, 0.15) is 27.5 Å². The first-order valence-corrected chi connectivity index (χ1v) is 7.13. The number of amides is 1. The molecule has 0 saturated carbocycles. The summed E-state index contributed by atoms with van der Waals surface area (Å²) in [5, 5.41) is 3.48. The zero-order chi connectivity index (χ0) is 16.1. The summed E-state index contributed by atoms with van der Waals surface area (Å²) in [4.78, 5) is 26.1. The largest absolute Gasteiger partial charge is 0.382 e. The third-order valence-electron chi connectivity index (χ3n) is 3.27. The molecule has 2 rings (SSSR count). The van der Waals surface area contributed by atoms with Crippen molar-refractivity contribution in [2.75, 3.05) is 13.7 Å². The van der Waals surface area contributed by atoms with Crippen LogP contribution in [-0.4, -0.2) is 24.6 Å². The van der Waals surface area contributed by atoms with E-state index in [1.807, 2.05) is 12.1 Å². The Labute approximate surface area is 133 Å². The average Bonchev–Trinajstić information content (AvgIpc) is 2.46. The molecule has 1 atom stereocenters. The normalized spacial score (nSPS) is 12.0. The quantitative estimate of drug-likeness (QED) is 0.889. The first-order valence-electron chi connectivity index (χ1n) is 6.76. The molecular weight excluding hydrogens is 304 g/mol. The van der Waals surface area contributed by atoms with Crippen LogP contribution in [0.15, 0.2) is 41.3 Å². The van der Waals surface area contributed by atoms with Crippen LogP contribution < -0.4 is 10.9 Å². The van der Waals surface area contributed by atoms with Crippen LogP contribution in [0.3, 0.4) is 0 Å². The van der Waals surface area contributed by atoms with Crippen LogP contribution in [0.25, 0.3) is 0 Å². The van der Waals surface area contributed by atoms with Crippen molar-refractivity contribution in [1.82, 2.24) is 10.3 Å². The van der Waals surface area contributed by atoms with Gasteiger partial charge in [0, 0.05) is 24.4 Å². The molecule has 1 aromatic carbocycles. The molecule has 0 aliphatic heterocycles. The number of aromatic nitrogens is 1. The number of ether oxygens (including phenoxy) is 1. The number of benzene rings is 1.